The minimum atomic E-state index is -3.92. The summed E-state index contributed by atoms with van der Waals surface area (Å²) in [5.74, 6) is 0. The van der Waals surface area contributed by atoms with Gasteiger partial charge in [0.2, 0.25) is 0 Å². The van der Waals surface area contributed by atoms with Gasteiger partial charge in [0.25, 0.3) is 10.0 Å². The molecule has 2 aromatic carbocycles. The molecule has 0 amide bonds. The Kier molecular flexibility index (Phi) is 4.30. The molecule has 1 N–H and O–H groups in total. The van der Waals surface area contributed by atoms with Crippen LogP contribution in [0.2, 0.25) is 0 Å². The highest BCUT2D eigenvalue weighted by Gasteiger charge is 2.27. The number of hydrogen-bond acceptors (Lipinski definition) is 4. The third kappa shape index (κ3) is 3.03. The highest BCUT2D eigenvalue weighted by atomic mass is 32.2. The highest BCUT2D eigenvalue weighted by Crippen LogP contribution is 2.31. The van der Waals surface area contributed by atoms with Crippen LogP contribution >= 0.6 is 0 Å². The molecule has 0 aliphatic carbocycles. The van der Waals surface area contributed by atoms with Gasteiger partial charge in [0.05, 0.1) is 10.6 Å². The Morgan fingerprint density at radius 1 is 0.963 bits per heavy atom. The number of benzene rings is 2. The van der Waals surface area contributed by atoms with Gasteiger partial charge in [-0.1, -0.05) is 48.0 Å². The average Bonchev–Trinajstić information content (AvgIpc) is 3.09. The van der Waals surface area contributed by atoms with Gasteiger partial charge in [0.15, 0.2) is 5.65 Å². The second-order valence-corrected chi connectivity index (χ2v) is 8.17. The first-order valence-corrected chi connectivity index (χ1v) is 9.94. The highest BCUT2D eigenvalue weighted by molar-refractivity contribution is 7.90. The number of aryl methyl sites for hydroxylation is 1. The molecule has 1 unspecified atom stereocenters. The van der Waals surface area contributed by atoms with Crippen LogP contribution in [0.25, 0.3) is 11.0 Å². The summed E-state index contributed by atoms with van der Waals surface area (Å²) in [7, 11) is -3.92. The number of pyridine rings is 1. The monoisotopic (exact) mass is 378 g/mol. The fourth-order valence-electron chi connectivity index (χ4n) is 3.09. The van der Waals surface area contributed by atoms with Crippen molar-refractivity contribution >= 4 is 21.1 Å². The van der Waals surface area contributed by atoms with Gasteiger partial charge < -0.3 is 5.11 Å². The standard InChI is InChI=1S/C21H18N2O3S/c1-15-9-11-16(12-10-15)20(24)19-14-17-6-5-13-22-21(17)23(19)27(25,26)18-7-3-2-4-8-18/h2-14,20,24H,1H3. The quantitative estimate of drug-likeness (QED) is 0.588. The number of fused-ring (bicyclic) bond motifs is 1. The lowest BCUT2D eigenvalue weighted by Gasteiger charge is -2.16. The average molecular weight is 378 g/mol. The van der Waals surface area contributed by atoms with Gasteiger partial charge in [-0.3, -0.25) is 0 Å². The summed E-state index contributed by atoms with van der Waals surface area (Å²) in [5, 5.41) is 11.6. The summed E-state index contributed by atoms with van der Waals surface area (Å²) in [5.41, 5.74) is 2.23. The van der Waals surface area contributed by atoms with Crippen molar-refractivity contribution in [3.63, 3.8) is 0 Å². The fourth-order valence-corrected chi connectivity index (χ4v) is 4.61. The van der Waals surface area contributed by atoms with E-state index < -0.39 is 16.1 Å². The number of nitrogens with zero attached hydrogens (tertiary/aromatic N) is 2. The molecule has 0 saturated heterocycles. The lowest BCUT2D eigenvalue weighted by atomic mass is 10.1. The molecule has 4 rings (SSSR count). The number of hydrogen-bond donors (Lipinski definition) is 1. The third-order valence-corrected chi connectivity index (χ3v) is 6.23. The SMILES string of the molecule is Cc1ccc(C(O)c2cc3cccnc3n2S(=O)(=O)c2ccccc2)cc1. The molecule has 27 heavy (non-hydrogen) atoms. The topological polar surface area (TPSA) is 72.2 Å². The Hall–Kier alpha value is -2.96. The molecule has 0 aliphatic rings. The maximum atomic E-state index is 13.3. The molecule has 0 fully saturated rings. The second kappa shape index (κ2) is 6.64. The Morgan fingerprint density at radius 2 is 1.67 bits per heavy atom. The van der Waals surface area contributed by atoms with Crippen LogP contribution in [0.5, 0.6) is 0 Å². The van der Waals surface area contributed by atoms with Crippen molar-refractivity contribution in [2.75, 3.05) is 0 Å². The normalized spacial score (nSPS) is 13.0. The second-order valence-electron chi connectivity index (χ2n) is 6.38. The molecule has 4 aromatic rings. The van der Waals surface area contributed by atoms with Gasteiger partial charge in [0, 0.05) is 11.6 Å². The maximum absolute atomic E-state index is 13.3. The van der Waals surface area contributed by atoms with Gasteiger partial charge in [-0.05, 0) is 42.8 Å². The maximum Gasteiger partial charge on any atom is 0.269 e. The molecular weight excluding hydrogens is 360 g/mol. The lowest BCUT2D eigenvalue weighted by Crippen LogP contribution is -2.18. The summed E-state index contributed by atoms with van der Waals surface area (Å²) in [6.07, 6.45) is 0.444. The van der Waals surface area contributed by atoms with E-state index in [1.807, 2.05) is 19.1 Å². The molecule has 2 heterocycles. The molecule has 0 bridgehead atoms. The van der Waals surface area contributed by atoms with Crippen molar-refractivity contribution in [1.82, 2.24) is 8.96 Å². The number of rotatable bonds is 4. The molecule has 0 spiro atoms. The number of aliphatic hydroxyl groups excluding tert-OH is 1. The number of aliphatic hydroxyl groups is 1. The lowest BCUT2D eigenvalue weighted by molar-refractivity contribution is 0.214. The van der Waals surface area contributed by atoms with Crippen LogP contribution in [0, 0.1) is 6.92 Å². The fraction of sp³-hybridized carbons (Fsp3) is 0.0952. The van der Waals surface area contributed by atoms with Gasteiger partial charge >= 0.3 is 0 Å². The van der Waals surface area contributed by atoms with Crippen molar-refractivity contribution in [1.29, 1.82) is 0 Å². The van der Waals surface area contributed by atoms with Crippen molar-refractivity contribution in [3.05, 3.63) is 95.8 Å². The van der Waals surface area contributed by atoms with Gasteiger partial charge in [-0.2, -0.15) is 0 Å². The Bertz CT molecular complexity index is 1200. The van der Waals surface area contributed by atoms with Crippen molar-refractivity contribution in [3.8, 4) is 0 Å². The summed E-state index contributed by atoms with van der Waals surface area (Å²) >= 11 is 0. The van der Waals surface area contributed by atoms with E-state index in [0.717, 1.165) is 9.54 Å². The smallest absolute Gasteiger partial charge is 0.269 e. The molecular formula is C21H18N2O3S. The molecule has 0 saturated carbocycles. The molecule has 0 aliphatic heterocycles. The zero-order valence-electron chi connectivity index (χ0n) is 14.6. The van der Waals surface area contributed by atoms with Crippen molar-refractivity contribution < 1.29 is 13.5 Å². The van der Waals surface area contributed by atoms with Gasteiger partial charge in [-0.15, -0.1) is 0 Å². The first-order chi connectivity index (χ1) is 13.0. The third-order valence-electron chi connectivity index (χ3n) is 4.50. The van der Waals surface area contributed by atoms with E-state index in [4.69, 9.17) is 0 Å². The summed E-state index contributed by atoms with van der Waals surface area (Å²) < 4.78 is 27.8. The van der Waals surface area contributed by atoms with Crippen LogP contribution in [0.15, 0.2) is 83.9 Å². The van der Waals surface area contributed by atoms with E-state index in [2.05, 4.69) is 4.98 Å². The van der Waals surface area contributed by atoms with Crippen LogP contribution in [-0.4, -0.2) is 22.5 Å². The van der Waals surface area contributed by atoms with E-state index in [0.29, 0.717) is 16.6 Å². The Balaban J connectivity index is 1.97. The van der Waals surface area contributed by atoms with Gasteiger partial charge in [0.1, 0.15) is 6.10 Å². The van der Waals surface area contributed by atoms with Crippen LogP contribution in [-0.2, 0) is 10.0 Å². The first kappa shape index (κ1) is 17.5. The summed E-state index contributed by atoms with van der Waals surface area (Å²) in [6, 6.07) is 20.7. The van der Waals surface area contributed by atoms with Crippen LogP contribution in [0.4, 0.5) is 0 Å². The molecule has 5 nitrogen and oxygen atoms in total. The van der Waals surface area contributed by atoms with Crippen LogP contribution < -0.4 is 0 Å². The predicted octanol–water partition coefficient (Wildman–Crippen LogP) is 3.66. The molecule has 136 valence electrons. The predicted molar refractivity (Wildman–Crippen MR) is 104 cm³/mol. The molecule has 2 aromatic heterocycles. The Morgan fingerprint density at radius 3 is 2.37 bits per heavy atom. The van der Waals surface area contributed by atoms with Crippen molar-refractivity contribution in [2.24, 2.45) is 0 Å². The van der Waals surface area contributed by atoms with Crippen molar-refractivity contribution in [2.45, 2.75) is 17.9 Å². The minimum Gasteiger partial charge on any atom is -0.382 e. The summed E-state index contributed by atoms with van der Waals surface area (Å²) in [6.45, 7) is 1.96. The van der Waals surface area contributed by atoms with E-state index >= 15 is 0 Å². The van der Waals surface area contributed by atoms with E-state index in [9.17, 15) is 13.5 Å². The zero-order valence-corrected chi connectivity index (χ0v) is 15.5. The molecule has 1 atom stereocenters. The minimum absolute atomic E-state index is 0.144. The van der Waals surface area contributed by atoms with E-state index in [1.54, 1.807) is 54.7 Å². The summed E-state index contributed by atoms with van der Waals surface area (Å²) in [4.78, 5) is 4.40. The van der Waals surface area contributed by atoms with E-state index in [1.165, 1.54) is 12.1 Å². The molecule has 6 heteroatoms. The largest absolute Gasteiger partial charge is 0.382 e. The van der Waals surface area contributed by atoms with Crippen LogP contribution in [0.1, 0.15) is 22.9 Å². The number of aromatic nitrogens is 2. The first-order valence-electron chi connectivity index (χ1n) is 8.50. The zero-order chi connectivity index (χ0) is 19.0. The Labute approximate surface area is 157 Å². The molecule has 0 radical (unpaired) electrons. The van der Waals surface area contributed by atoms with E-state index in [-0.39, 0.29) is 10.6 Å². The van der Waals surface area contributed by atoms with Crippen LogP contribution in [0.3, 0.4) is 0 Å². The van der Waals surface area contributed by atoms with Gasteiger partial charge in [-0.25, -0.2) is 17.4 Å².